The standard InChI is InChI=1S/C18H23NO4/c1-7-23-17(21)15(12(2)20)11-13-10-14(18(3,4)19-5)8-9-16(13)22-6/h8-10,15H,7,11H2,1-4,6H3. The van der Waals surface area contributed by atoms with Gasteiger partial charge >= 0.3 is 5.97 Å². The molecule has 0 aliphatic carbocycles. The van der Waals surface area contributed by atoms with Crippen LogP contribution in [0.3, 0.4) is 0 Å². The number of ketones is 1. The molecule has 1 atom stereocenters. The molecule has 0 heterocycles. The largest absolute Gasteiger partial charge is 0.496 e. The molecule has 0 aliphatic heterocycles. The smallest absolute Gasteiger partial charge is 0.316 e. The van der Waals surface area contributed by atoms with Gasteiger partial charge in [0.1, 0.15) is 17.5 Å². The third kappa shape index (κ3) is 4.56. The molecule has 0 saturated carbocycles. The summed E-state index contributed by atoms with van der Waals surface area (Å²) in [6, 6.07) is 5.42. The lowest BCUT2D eigenvalue weighted by Crippen LogP contribution is -2.27. The normalized spacial score (nSPS) is 12.2. The van der Waals surface area contributed by atoms with Gasteiger partial charge in [-0.1, -0.05) is 0 Å². The van der Waals surface area contributed by atoms with Crippen LogP contribution in [0.4, 0.5) is 0 Å². The molecule has 0 N–H and O–H groups in total. The van der Waals surface area contributed by atoms with E-state index in [-0.39, 0.29) is 18.8 Å². The SMILES string of the molecule is [C-]#[N+]C(C)(C)c1ccc(OC)c(CC(C(C)=O)C(=O)OCC)c1. The van der Waals surface area contributed by atoms with Crippen LogP contribution in [0, 0.1) is 12.5 Å². The number of ether oxygens (including phenoxy) is 2. The van der Waals surface area contributed by atoms with Crippen molar-refractivity contribution >= 4 is 11.8 Å². The zero-order chi connectivity index (χ0) is 17.6. The van der Waals surface area contributed by atoms with E-state index in [1.807, 2.05) is 26.0 Å². The van der Waals surface area contributed by atoms with Crippen molar-refractivity contribution in [1.29, 1.82) is 0 Å². The second kappa shape index (κ2) is 7.77. The first-order valence-corrected chi connectivity index (χ1v) is 7.49. The van der Waals surface area contributed by atoms with Gasteiger partial charge in [0.05, 0.1) is 13.7 Å². The highest BCUT2D eigenvalue weighted by Gasteiger charge is 2.30. The highest BCUT2D eigenvalue weighted by molar-refractivity contribution is 5.98. The van der Waals surface area contributed by atoms with E-state index in [4.69, 9.17) is 16.0 Å². The summed E-state index contributed by atoms with van der Waals surface area (Å²) in [4.78, 5) is 27.4. The number of rotatable bonds is 7. The zero-order valence-corrected chi connectivity index (χ0v) is 14.3. The lowest BCUT2D eigenvalue weighted by atomic mass is 9.89. The summed E-state index contributed by atoms with van der Waals surface area (Å²) in [5.74, 6) is -1.06. The van der Waals surface area contributed by atoms with Crippen LogP contribution in [0.1, 0.15) is 38.8 Å². The Labute approximate surface area is 137 Å². The molecule has 0 aromatic heterocycles. The van der Waals surface area contributed by atoms with E-state index >= 15 is 0 Å². The van der Waals surface area contributed by atoms with Gasteiger partial charge in [-0.3, -0.25) is 9.59 Å². The number of carbonyl (C=O) groups is 2. The van der Waals surface area contributed by atoms with Crippen molar-refractivity contribution in [1.82, 2.24) is 0 Å². The van der Waals surface area contributed by atoms with Crippen molar-refractivity contribution in [2.24, 2.45) is 5.92 Å². The maximum absolute atomic E-state index is 12.0. The molecule has 23 heavy (non-hydrogen) atoms. The minimum Gasteiger partial charge on any atom is -0.496 e. The number of carbonyl (C=O) groups excluding carboxylic acids is 2. The van der Waals surface area contributed by atoms with Crippen molar-refractivity contribution in [3.63, 3.8) is 0 Å². The van der Waals surface area contributed by atoms with Crippen molar-refractivity contribution in [2.45, 2.75) is 39.7 Å². The molecule has 0 radical (unpaired) electrons. The molecule has 1 aromatic carbocycles. The molecule has 1 rings (SSSR count). The van der Waals surface area contributed by atoms with Crippen LogP contribution in [-0.4, -0.2) is 25.5 Å². The number of Topliss-reactive ketones (excluding diaryl/α,β-unsaturated/α-hetero) is 1. The zero-order valence-electron chi connectivity index (χ0n) is 14.3. The second-order valence-corrected chi connectivity index (χ2v) is 5.82. The van der Waals surface area contributed by atoms with Gasteiger partial charge in [-0.2, -0.15) is 0 Å². The molecular weight excluding hydrogens is 294 g/mol. The average molecular weight is 317 g/mol. The Morgan fingerprint density at radius 2 is 2.00 bits per heavy atom. The van der Waals surface area contributed by atoms with E-state index < -0.39 is 17.4 Å². The molecule has 0 fully saturated rings. The molecule has 1 unspecified atom stereocenters. The summed E-state index contributed by atoms with van der Waals surface area (Å²) >= 11 is 0. The Balaban J connectivity index is 3.23. The summed E-state index contributed by atoms with van der Waals surface area (Å²) < 4.78 is 10.3. The van der Waals surface area contributed by atoms with Crippen LogP contribution in [0.2, 0.25) is 0 Å². The quantitative estimate of drug-likeness (QED) is 0.440. The fraction of sp³-hybridized carbons (Fsp3) is 0.500. The second-order valence-electron chi connectivity index (χ2n) is 5.82. The van der Waals surface area contributed by atoms with Crippen molar-refractivity contribution < 1.29 is 19.1 Å². The van der Waals surface area contributed by atoms with E-state index in [1.165, 1.54) is 14.0 Å². The van der Waals surface area contributed by atoms with Crippen LogP contribution >= 0.6 is 0 Å². The Hall–Kier alpha value is -2.35. The van der Waals surface area contributed by atoms with Gasteiger partial charge in [-0.15, -0.1) is 0 Å². The maximum atomic E-state index is 12.0. The van der Waals surface area contributed by atoms with Gasteiger partial charge in [0, 0.05) is 19.4 Å². The number of esters is 1. The average Bonchev–Trinajstić information content (AvgIpc) is 2.52. The highest BCUT2D eigenvalue weighted by atomic mass is 16.5. The van der Waals surface area contributed by atoms with Gasteiger partial charge in [0.2, 0.25) is 0 Å². The molecule has 5 nitrogen and oxygen atoms in total. The minimum atomic E-state index is -0.866. The first-order valence-electron chi connectivity index (χ1n) is 7.49. The third-order valence-electron chi connectivity index (χ3n) is 3.75. The lowest BCUT2D eigenvalue weighted by Gasteiger charge is -2.18. The molecule has 0 amide bonds. The molecule has 0 bridgehead atoms. The summed E-state index contributed by atoms with van der Waals surface area (Å²) in [7, 11) is 1.53. The molecule has 0 spiro atoms. The highest BCUT2D eigenvalue weighted by Crippen LogP contribution is 2.31. The summed E-state index contributed by atoms with van der Waals surface area (Å²) in [6.45, 7) is 14.3. The van der Waals surface area contributed by atoms with E-state index in [1.54, 1.807) is 13.0 Å². The summed E-state index contributed by atoms with van der Waals surface area (Å²) in [6.07, 6.45) is 0.194. The van der Waals surface area contributed by atoms with E-state index in [0.29, 0.717) is 5.75 Å². The fourth-order valence-electron chi connectivity index (χ4n) is 2.24. The van der Waals surface area contributed by atoms with Crippen LogP contribution in [0.15, 0.2) is 18.2 Å². The van der Waals surface area contributed by atoms with Gasteiger partial charge in [0.15, 0.2) is 0 Å². The molecule has 5 heteroatoms. The number of hydrogen-bond acceptors (Lipinski definition) is 4. The van der Waals surface area contributed by atoms with Crippen molar-refractivity contribution in [2.75, 3.05) is 13.7 Å². The lowest BCUT2D eigenvalue weighted by molar-refractivity contribution is -0.151. The van der Waals surface area contributed by atoms with E-state index in [2.05, 4.69) is 4.85 Å². The van der Waals surface area contributed by atoms with Gasteiger partial charge in [0.25, 0.3) is 5.54 Å². The third-order valence-corrected chi connectivity index (χ3v) is 3.75. The topological polar surface area (TPSA) is 57.0 Å². The Morgan fingerprint density at radius 1 is 1.35 bits per heavy atom. The fourth-order valence-corrected chi connectivity index (χ4v) is 2.24. The maximum Gasteiger partial charge on any atom is 0.316 e. The molecule has 0 aliphatic rings. The van der Waals surface area contributed by atoms with Crippen molar-refractivity contribution in [3.05, 3.63) is 40.7 Å². The van der Waals surface area contributed by atoms with E-state index in [0.717, 1.165) is 11.1 Å². The monoisotopic (exact) mass is 317 g/mol. The van der Waals surface area contributed by atoms with Crippen molar-refractivity contribution in [3.8, 4) is 5.75 Å². The molecular formula is C18H23NO4. The van der Waals surface area contributed by atoms with Crippen LogP contribution in [-0.2, 0) is 26.3 Å². The van der Waals surface area contributed by atoms with Crippen LogP contribution in [0.25, 0.3) is 4.85 Å². The first kappa shape index (κ1) is 18.7. The van der Waals surface area contributed by atoms with Gasteiger partial charge < -0.3 is 14.3 Å². The Morgan fingerprint density at radius 3 is 2.48 bits per heavy atom. The minimum absolute atomic E-state index is 0.194. The number of methoxy groups -OCH3 is 1. The number of nitrogens with zero attached hydrogens (tertiary/aromatic N) is 1. The predicted molar refractivity (Wildman–Crippen MR) is 87.1 cm³/mol. The van der Waals surface area contributed by atoms with Crippen LogP contribution < -0.4 is 4.74 Å². The van der Waals surface area contributed by atoms with Crippen LogP contribution in [0.5, 0.6) is 5.75 Å². The summed E-state index contributed by atoms with van der Waals surface area (Å²) in [5, 5.41) is 0. The molecule has 124 valence electrons. The van der Waals surface area contributed by atoms with Gasteiger partial charge in [-0.25, -0.2) is 6.57 Å². The van der Waals surface area contributed by atoms with E-state index in [9.17, 15) is 9.59 Å². The number of benzene rings is 1. The Bertz CT molecular complexity index is 628. The first-order chi connectivity index (χ1) is 10.8. The molecule has 0 saturated heterocycles. The predicted octanol–water partition coefficient (Wildman–Crippen LogP) is 3.16. The number of hydrogen-bond donors (Lipinski definition) is 0. The molecule has 1 aromatic rings. The Kier molecular flexibility index (Phi) is 6.32. The van der Waals surface area contributed by atoms with Gasteiger partial charge in [-0.05, 0) is 44.0 Å². The summed E-state index contributed by atoms with van der Waals surface area (Å²) in [5.41, 5.74) is 0.848.